The van der Waals surface area contributed by atoms with Gasteiger partial charge in [0.1, 0.15) is 6.29 Å². The molecule has 0 bridgehead atoms. The predicted molar refractivity (Wildman–Crippen MR) is 65.1 cm³/mol. The third kappa shape index (κ3) is 6.63. The fraction of sp³-hybridized carbons (Fsp3) is 0.917. The van der Waals surface area contributed by atoms with Crippen molar-refractivity contribution in [2.75, 3.05) is 20.1 Å². The summed E-state index contributed by atoms with van der Waals surface area (Å²) < 4.78 is 0. The predicted octanol–water partition coefficient (Wildman–Crippen LogP) is 1.53. The molecule has 0 aromatic carbocycles. The van der Waals surface area contributed by atoms with Gasteiger partial charge in [0.05, 0.1) is 0 Å². The van der Waals surface area contributed by atoms with Gasteiger partial charge in [-0.3, -0.25) is 4.90 Å². The Bertz CT molecular complexity index is 163. The maximum absolute atomic E-state index is 9.50. The van der Waals surface area contributed by atoms with Crippen LogP contribution in [0.15, 0.2) is 0 Å². The first-order valence-corrected chi connectivity index (χ1v) is 5.87. The van der Waals surface area contributed by atoms with Gasteiger partial charge in [0.25, 0.3) is 0 Å². The molecule has 3 nitrogen and oxygen atoms in total. The lowest BCUT2D eigenvalue weighted by Gasteiger charge is -2.27. The number of hydrogen-bond donors (Lipinski definition) is 1. The van der Waals surface area contributed by atoms with Crippen molar-refractivity contribution < 1.29 is 4.79 Å². The van der Waals surface area contributed by atoms with E-state index in [2.05, 4.69) is 31.1 Å². The molecule has 0 amide bonds. The molecule has 0 aliphatic carbocycles. The van der Waals surface area contributed by atoms with E-state index in [0.29, 0.717) is 6.04 Å². The number of nitrogens with one attached hydrogen (secondary N) is 1. The van der Waals surface area contributed by atoms with Crippen molar-refractivity contribution in [1.29, 1.82) is 0 Å². The van der Waals surface area contributed by atoms with E-state index >= 15 is 0 Å². The zero-order chi connectivity index (χ0) is 11.8. The number of carbonyl (C=O) groups is 1. The minimum absolute atomic E-state index is 0.204. The summed E-state index contributed by atoms with van der Waals surface area (Å²) in [6, 6.07) is 1.46. The number of nitrogens with zero attached hydrogens (tertiary/aromatic N) is 1. The van der Waals surface area contributed by atoms with Gasteiger partial charge in [0, 0.05) is 24.5 Å². The number of likely N-dealkylation sites (N-methyl/N-ethyl adjacent to an activating group) is 1. The molecule has 1 aliphatic rings. The molecule has 1 fully saturated rings. The second-order valence-corrected chi connectivity index (χ2v) is 4.79. The van der Waals surface area contributed by atoms with Crippen LogP contribution in [-0.2, 0) is 4.79 Å². The Labute approximate surface area is 94.2 Å². The molecule has 15 heavy (non-hydrogen) atoms. The molecule has 1 rings (SSSR count). The molecule has 0 aromatic rings. The molecule has 0 saturated carbocycles. The highest BCUT2D eigenvalue weighted by molar-refractivity contribution is 5.51. The highest BCUT2D eigenvalue weighted by Gasteiger charge is 2.20. The summed E-state index contributed by atoms with van der Waals surface area (Å²) >= 11 is 0. The SMILES string of the molecule is CC(C)C=O.CC(C)N(C)C1CCNC1. The van der Waals surface area contributed by atoms with Crippen LogP contribution in [0.5, 0.6) is 0 Å². The highest BCUT2D eigenvalue weighted by atomic mass is 16.1. The van der Waals surface area contributed by atoms with Gasteiger partial charge in [0.2, 0.25) is 0 Å². The van der Waals surface area contributed by atoms with E-state index in [1.807, 2.05) is 13.8 Å². The molecule has 3 heteroatoms. The Morgan fingerprint density at radius 2 is 1.87 bits per heavy atom. The fourth-order valence-electron chi connectivity index (χ4n) is 1.41. The second-order valence-electron chi connectivity index (χ2n) is 4.79. The molecule has 1 heterocycles. The van der Waals surface area contributed by atoms with Crippen molar-refractivity contribution >= 4 is 6.29 Å². The number of rotatable bonds is 3. The molecule has 90 valence electrons. The van der Waals surface area contributed by atoms with Crippen LogP contribution in [0.1, 0.15) is 34.1 Å². The number of aldehydes is 1. The van der Waals surface area contributed by atoms with Crippen LogP contribution < -0.4 is 5.32 Å². The van der Waals surface area contributed by atoms with Gasteiger partial charge in [-0.2, -0.15) is 0 Å². The molecule has 0 spiro atoms. The summed E-state index contributed by atoms with van der Waals surface area (Å²) in [7, 11) is 2.21. The molecule has 1 aliphatic heterocycles. The van der Waals surface area contributed by atoms with Gasteiger partial charge in [0.15, 0.2) is 0 Å². The lowest BCUT2D eigenvalue weighted by atomic mass is 10.2. The third-order valence-corrected chi connectivity index (χ3v) is 2.70. The average Bonchev–Trinajstić information content (AvgIpc) is 2.70. The molecular formula is C12H26N2O. The maximum Gasteiger partial charge on any atom is 0.122 e. The zero-order valence-electron chi connectivity index (χ0n) is 10.8. The highest BCUT2D eigenvalue weighted by Crippen LogP contribution is 2.08. The second kappa shape index (κ2) is 7.83. The van der Waals surface area contributed by atoms with Crippen molar-refractivity contribution in [2.24, 2.45) is 5.92 Å². The largest absolute Gasteiger partial charge is 0.315 e. The van der Waals surface area contributed by atoms with Crippen LogP contribution >= 0.6 is 0 Å². The number of carbonyl (C=O) groups excluding carboxylic acids is 1. The zero-order valence-corrected chi connectivity index (χ0v) is 10.8. The van der Waals surface area contributed by atoms with Crippen LogP contribution in [-0.4, -0.2) is 43.4 Å². The summed E-state index contributed by atoms with van der Waals surface area (Å²) in [6.45, 7) is 10.6. The van der Waals surface area contributed by atoms with Crippen molar-refractivity contribution in [3.05, 3.63) is 0 Å². The van der Waals surface area contributed by atoms with Gasteiger partial charge in [-0.05, 0) is 33.9 Å². The Morgan fingerprint density at radius 1 is 1.33 bits per heavy atom. The van der Waals surface area contributed by atoms with Crippen molar-refractivity contribution in [3.8, 4) is 0 Å². The molecule has 1 atom stereocenters. The van der Waals surface area contributed by atoms with Gasteiger partial charge in [-0.25, -0.2) is 0 Å². The van der Waals surface area contributed by atoms with Crippen molar-refractivity contribution in [3.63, 3.8) is 0 Å². The van der Waals surface area contributed by atoms with Gasteiger partial charge < -0.3 is 10.1 Å². The molecule has 1 saturated heterocycles. The quantitative estimate of drug-likeness (QED) is 0.723. The van der Waals surface area contributed by atoms with E-state index < -0.39 is 0 Å². The lowest BCUT2D eigenvalue weighted by Crippen LogP contribution is -2.38. The normalized spacial score (nSPS) is 20.7. The third-order valence-electron chi connectivity index (χ3n) is 2.70. The van der Waals surface area contributed by atoms with Gasteiger partial charge >= 0.3 is 0 Å². The summed E-state index contributed by atoms with van der Waals surface area (Å²) in [4.78, 5) is 11.9. The Hall–Kier alpha value is -0.410. The maximum atomic E-state index is 9.50. The van der Waals surface area contributed by atoms with Crippen molar-refractivity contribution in [1.82, 2.24) is 10.2 Å². The monoisotopic (exact) mass is 214 g/mol. The van der Waals surface area contributed by atoms with Gasteiger partial charge in [-0.1, -0.05) is 13.8 Å². The molecule has 1 N–H and O–H groups in total. The average molecular weight is 214 g/mol. The van der Waals surface area contributed by atoms with Crippen LogP contribution in [0.3, 0.4) is 0 Å². The first-order valence-electron chi connectivity index (χ1n) is 5.87. The van der Waals surface area contributed by atoms with Crippen LogP contribution in [0.4, 0.5) is 0 Å². The molecule has 0 aromatic heterocycles. The first-order chi connectivity index (χ1) is 6.99. The Kier molecular flexibility index (Phi) is 7.61. The minimum atomic E-state index is 0.204. The molecule has 0 radical (unpaired) electrons. The summed E-state index contributed by atoms with van der Waals surface area (Å²) in [5, 5.41) is 3.37. The van der Waals surface area contributed by atoms with Crippen molar-refractivity contribution in [2.45, 2.75) is 46.2 Å². The Morgan fingerprint density at radius 3 is 2.13 bits per heavy atom. The first kappa shape index (κ1) is 14.6. The van der Waals surface area contributed by atoms with E-state index in [0.717, 1.165) is 12.3 Å². The molecular weight excluding hydrogens is 188 g/mol. The van der Waals surface area contributed by atoms with Gasteiger partial charge in [-0.15, -0.1) is 0 Å². The topological polar surface area (TPSA) is 32.3 Å². The van der Waals surface area contributed by atoms with E-state index in [-0.39, 0.29) is 5.92 Å². The summed E-state index contributed by atoms with van der Waals surface area (Å²) in [5.74, 6) is 0.204. The minimum Gasteiger partial charge on any atom is -0.315 e. The van der Waals surface area contributed by atoms with Crippen LogP contribution in [0.2, 0.25) is 0 Å². The van der Waals surface area contributed by atoms with E-state index in [1.165, 1.54) is 19.5 Å². The summed E-state index contributed by atoms with van der Waals surface area (Å²) in [6.07, 6.45) is 2.23. The summed E-state index contributed by atoms with van der Waals surface area (Å²) in [5.41, 5.74) is 0. The van der Waals surface area contributed by atoms with Crippen LogP contribution in [0.25, 0.3) is 0 Å². The molecule has 1 unspecified atom stereocenters. The fourth-order valence-corrected chi connectivity index (χ4v) is 1.41. The van der Waals surface area contributed by atoms with E-state index in [9.17, 15) is 4.79 Å². The smallest absolute Gasteiger partial charge is 0.122 e. The van der Waals surface area contributed by atoms with E-state index in [1.54, 1.807) is 0 Å². The standard InChI is InChI=1S/C8H18N2.C4H8O/c1-7(2)10(3)8-4-5-9-6-8;1-4(2)3-5/h7-9H,4-6H2,1-3H3;3-4H,1-2H3. The van der Waals surface area contributed by atoms with Crippen LogP contribution in [0, 0.1) is 5.92 Å². The van der Waals surface area contributed by atoms with E-state index in [4.69, 9.17) is 0 Å². The number of hydrogen-bond acceptors (Lipinski definition) is 3. The Balaban J connectivity index is 0.000000336. The lowest BCUT2D eigenvalue weighted by molar-refractivity contribution is -0.110.